The normalized spacial score (nSPS) is 14.3. The lowest BCUT2D eigenvalue weighted by molar-refractivity contribution is -0.124. The molecule has 0 saturated heterocycles. The largest absolute Gasteiger partial charge is 0.370 e. The minimum atomic E-state index is 0.215. The van der Waals surface area contributed by atoms with E-state index >= 15 is 0 Å². The Morgan fingerprint density at radius 2 is 1.97 bits per heavy atom. The van der Waals surface area contributed by atoms with Gasteiger partial charge in [0.1, 0.15) is 13.7 Å². The van der Waals surface area contributed by atoms with Crippen LogP contribution in [0.25, 0.3) is 16.9 Å². The molecule has 0 bridgehead atoms. The van der Waals surface area contributed by atoms with Gasteiger partial charge in [0, 0.05) is 41.9 Å². The number of benzene rings is 1. The van der Waals surface area contributed by atoms with Crippen molar-refractivity contribution in [2.45, 2.75) is 38.5 Å². The Kier molecular flexibility index (Phi) is 6.57. The number of nitrogens with one attached hydrogen (secondary N) is 2. The van der Waals surface area contributed by atoms with E-state index in [9.17, 15) is 4.79 Å². The summed E-state index contributed by atoms with van der Waals surface area (Å²) in [6, 6.07) is 9.53. The molecule has 30 heavy (non-hydrogen) atoms. The summed E-state index contributed by atoms with van der Waals surface area (Å²) >= 11 is 6.36. The van der Waals surface area contributed by atoms with Gasteiger partial charge in [-0.1, -0.05) is 42.6 Å². The van der Waals surface area contributed by atoms with Crippen molar-refractivity contribution >= 4 is 42.3 Å². The van der Waals surface area contributed by atoms with Crippen molar-refractivity contribution in [2.75, 3.05) is 18.4 Å². The van der Waals surface area contributed by atoms with Crippen molar-refractivity contribution in [1.29, 1.82) is 0 Å². The maximum absolute atomic E-state index is 12.1. The highest BCUT2D eigenvalue weighted by Gasteiger charge is 2.21. The highest BCUT2D eigenvalue weighted by atomic mass is 35.5. The summed E-state index contributed by atoms with van der Waals surface area (Å²) in [6.07, 6.45) is 7.86. The fraction of sp³-hybridized carbons (Fsp3) is 0.409. The third-order valence-corrected chi connectivity index (χ3v) is 5.91. The standard InChI is InChI=1S/C22H25BClN5O/c23-17-14-27-29-20(13-19(28-21(17)29)16-9-3-4-10-18(16)24)25-11-5-6-12-26-22(30)15-7-1-2-8-15/h3-4,9-10,13-15,25H,1-2,5-8,11-12H2,(H,26,30). The van der Waals surface area contributed by atoms with Gasteiger partial charge in [-0.15, -0.1) is 0 Å². The third-order valence-electron chi connectivity index (χ3n) is 5.58. The van der Waals surface area contributed by atoms with Gasteiger partial charge in [0.05, 0.1) is 5.69 Å². The van der Waals surface area contributed by atoms with Crippen LogP contribution in [-0.4, -0.2) is 41.4 Å². The molecule has 0 spiro atoms. The van der Waals surface area contributed by atoms with Gasteiger partial charge < -0.3 is 10.6 Å². The molecule has 1 aromatic carbocycles. The Hall–Kier alpha value is -2.54. The summed E-state index contributed by atoms with van der Waals surface area (Å²) < 4.78 is 1.71. The van der Waals surface area contributed by atoms with E-state index in [0.717, 1.165) is 49.3 Å². The number of unbranched alkanes of at least 4 members (excludes halogenated alkanes) is 1. The summed E-state index contributed by atoms with van der Waals surface area (Å²) in [6.45, 7) is 1.46. The number of carbonyl (C=O) groups is 1. The Balaban J connectivity index is 1.37. The van der Waals surface area contributed by atoms with Crippen LogP contribution < -0.4 is 16.1 Å². The maximum atomic E-state index is 12.1. The Morgan fingerprint density at radius 1 is 1.20 bits per heavy atom. The zero-order valence-electron chi connectivity index (χ0n) is 16.9. The summed E-state index contributed by atoms with van der Waals surface area (Å²) in [7, 11) is 6.06. The first kappa shape index (κ1) is 20.7. The average molecular weight is 422 g/mol. The number of halogens is 1. The lowest BCUT2D eigenvalue weighted by Gasteiger charge is -2.13. The molecule has 6 nitrogen and oxygen atoms in total. The smallest absolute Gasteiger partial charge is 0.223 e. The molecule has 1 amide bonds. The zero-order valence-corrected chi connectivity index (χ0v) is 17.7. The van der Waals surface area contributed by atoms with E-state index in [0.29, 0.717) is 22.7 Å². The van der Waals surface area contributed by atoms with Gasteiger partial charge in [-0.25, -0.2) is 4.98 Å². The summed E-state index contributed by atoms with van der Waals surface area (Å²) in [5, 5.41) is 11.5. The van der Waals surface area contributed by atoms with Gasteiger partial charge in [-0.2, -0.15) is 9.61 Å². The monoisotopic (exact) mass is 421 g/mol. The molecule has 3 aromatic rings. The number of aromatic nitrogens is 3. The predicted molar refractivity (Wildman–Crippen MR) is 122 cm³/mol. The quantitative estimate of drug-likeness (QED) is 0.432. The number of anilines is 1. The second-order valence-corrected chi connectivity index (χ2v) is 8.16. The van der Waals surface area contributed by atoms with Gasteiger partial charge in [0.25, 0.3) is 0 Å². The number of rotatable bonds is 8. The lowest BCUT2D eigenvalue weighted by atomic mass is 10.0. The third kappa shape index (κ3) is 4.62. The van der Waals surface area contributed by atoms with Crippen LogP contribution in [0.2, 0.25) is 5.02 Å². The molecule has 8 heteroatoms. The summed E-state index contributed by atoms with van der Waals surface area (Å²) in [5.41, 5.74) is 2.70. The number of hydrogen-bond donors (Lipinski definition) is 2. The molecule has 2 radical (unpaired) electrons. The second-order valence-electron chi connectivity index (χ2n) is 7.75. The van der Waals surface area contributed by atoms with Gasteiger partial charge >= 0.3 is 0 Å². The van der Waals surface area contributed by atoms with Gasteiger partial charge in [0.15, 0.2) is 5.65 Å². The highest BCUT2D eigenvalue weighted by molar-refractivity contribution is 6.36. The first-order valence-corrected chi connectivity index (χ1v) is 10.9. The van der Waals surface area contributed by atoms with E-state index in [-0.39, 0.29) is 11.8 Å². The van der Waals surface area contributed by atoms with Crippen LogP contribution in [0.5, 0.6) is 0 Å². The van der Waals surface area contributed by atoms with Crippen molar-refractivity contribution < 1.29 is 4.79 Å². The van der Waals surface area contributed by atoms with Crippen LogP contribution >= 0.6 is 11.6 Å². The minimum absolute atomic E-state index is 0.215. The van der Waals surface area contributed by atoms with Crippen molar-refractivity contribution in [2.24, 2.45) is 5.92 Å². The molecule has 1 fully saturated rings. The van der Waals surface area contributed by atoms with Gasteiger partial charge in [0.2, 0.25) is 5.91 Å². The number of fused-ring (bicyclic) bond motifs is 1. The van der Waals surface area contributed by atoms with Crippen LogP contribution in [0.4, 0.5) is 5.82 Å². The average Bonchev–Trinajstić information content (AvgIpc) is 3.41. The second kappa shape index (κ2) is 9.52. The SMILES string of the molecule is [B]c1cnn2c(NCCCCNC(=O)C3CCCC3)cc(-c3ccccc3Cl)nc12. The molecule has 2 N–H and O–H groups in total. The van der Waals surface area contributed by atoms with Crippen LogP contribution in [0.15, 0.2) is 36.5 Å². The van der Waals surface area contributed by atoms with Crippen LogP contribution in [0.1, 0.15) is 38.5 Å². The molecule has 1 aliphatic carbocycles. The first-order chi connectivity index (χ1) is 14.6. The van der Waals surface area contributed by atoms with Crippen LogP contribution in [0, 0.1) is 5.92 Å². The molecular formula is C22H25BClN5O. The highest BCUT2D eigenvalue weighted by Crippen LogP contribution is 2.28. The Bertz CT molecular complexity index is 1030. The van der Waals surface area contributed by atoms with Crippen LogP contribution in [0.3, 0.4) is 0 Å². The van der Waals surface area contributed by atoms with Gasteiger partial charge in [-0.05, 0) is 37.2 Å². The van der Waals surface area contributed by atoms with Crippen LogP contribution in [-0.2, 0) is 4.79 Å². The number of hydrogen-bond acceptors (Lipinski definition) is 4. The molecule has 0 atom stereocenters. The van der Waals surface area contributed by atoms with E-state index in [1.54, 1.807) is 10.7 Å². The van der Waals surface area contributed by atoms with E-state index in [1.807, 2.05) is 30.3 Å². The van der Waals surface area contributed by atoms with E-state index in [1.165, 1.54) is 12.8 Å². The molecule has 154 valence electrons. The van der Waals surface area contributed by atoms with E-state index in [2.05, 4.69) is 20.7 Å². The van der Waals surface area contributed by atoms with Gasteiger partial charge in [-0.3, -0.25) is 4.79 Å². The predicted octanol–water partition coefficient (Wildman–Crippen LogP) is 3.34. The minimum Gasteiger partial charge on any atom is -0.370 e. The van der Waals surface area contributed by atoms with Crippen molar-refractivity contribution in [3.63, 3.8) is 0 Å². The molecule has 0 unspecified atom stereocenters. The molecule has 0 aliphatic heterocycles. The molecule has 2 heterocycles. The topological polar surface area (TPSA) is 71.3 Å². The molecule has 1 saturated carbocycles. The number of carbonyl (C=O) groups excluding carboxylic acids is 1. The maximum Gasteiger partial charge on any atom is 0.223 e. The van der Waals surface area contributed by atoms with Crippen molar-refractivity contribution in [3.05, 3.63) is 41.6 Å². The number of nitrogens with zero attached hydrogens (tertiary/aromatic N) is 3. The molecule has 2 aromatic heterocycles. The fourth-order valence-corrected chi connectivity index (χ4v) is 4.16. The summed E-state index contributed by atoms with van der Waals surface area (Å²) in [5.74, 6) is 1.25. The Labute approximate surface area is 182 Å². The zero-order chi connectivity index (χ0) is 20.9. The molecule has 1 aliphatic rings. The summed E-state index contributed by atoms with van der Waals surface area (Å²) in [4.78, 5) is 16.7. The fourth-order valence-electron chi connectivity index (χ4n) is 3.92. The molecule has 4 rings (SSSR count). The first-order valence-electron chi connectivity index (χ1n) is 10.5. The van der Waals surface area contributed by atoms with E-state index in [4.69, 9.17) is 19.4 Å². The van der Waals surface area contributed by atoms with Crippen molar-refractivity contribution in [3.8, 4) is 11.3 Å². The van der Waals surface area contributed by atoms with Crippen molar-refractivity contribution in [1.82, 2.24) is 19.9 Å². The lowest BCUT2D eigenvalue weighted by Crippen LogP contribution is -2.30. The Morgan fingerprint density at radius 3 is 2.77 bits per heavy atom. The van der Waals surface area contributed by atoms with E-state index < -0.39 is 0 Å². The molecular weight excluding hydrogens is 397 g/mol. The number of amides is 1.